The predicted molar refractivity (Wildman–Crippen MR) is 116 cm³/mol. The number of aromatic nitrogens is 3. The van der Waals surface area contributed by atoms with Crippen LogP contribution in [-0.4, -0.2) is 31.1 Å². The number of aromatic amines is 1. The molecule has 30 heavy (non-hydrogen) atoms. The van der Waals surface area contributed by atoms with Crippen molar-refractivity contribution in [1.29, 1.82) is 0 Å². The number of pyridine rings is 1. The lowest BCUT2D eigenvalue weighted by Gasteiger charge is -2.26. The monoisotopic (exact) mass is 460 g/mol. The van der Waals surface area contributed by atoms with Crippen LogP contribution in [0.2, 0.25) is 0 Å². The van der Waals surface area contributed by atoms with Crippen LogP contribution in [0, 0.1) is 0 Å². The summed E-state index contributed by atoms with van der Waals surface area (Å²) in [6.07, 6.45) is 3.44. The third kappa shape index (κ3) is 3.07. The first-order valence-electron chi connectivity index (χ1n) is 9.45. The number of hydrogen-bond acceptors (Lipinski definition) is 4. The third-order valence-electron chi connectivity index (χ3n) is 5.29. The van der Waals surface area contributed by atoms with Gasteiger partial charge in [0.2, 0.25) is 0 Å². The molecule has 3 heterocycles. The molecular weight excluding hydrogens is 444 g/mol. The maximum Gasteiger partial charge on any atom is 0.273 e. The van der Waals surface area contributed by atoms with E-state index in [9.17, 15) is 9.90 Å². The Morgan fingerprint density at radius 3 is 2.63 bits per heavy atom. The predicted octanol–water partition coefficient (Wildman–Crippen LogP) is 4.69. The highest BCUT2D eigenvalue weighted by Gasteiger charge is 2.42. The van der Waals surface area contributed by atoms with Gasteiger partial charge in [0.05, 0.1) is 6.04 Å². The number of nitrogens with one attached hydrogen (secondary N) is 1. The van der Waals surface area contributed by atoms with Crippen molar-refractivity contribution in [2.24, 2.45) is 0 Å². The first kappa shape index (κ1) is 18.6. The molecular formula is C23H17BrN4O2. The van der Waals surface area contributed by atoms with Gasteiger partial charge in [-0.2, -0.15) is 5.10 Å². The minimum absolute atomic E-state index is 0.124. The zero-order chi connectivity index (χ0) is 20.7. The highest BCUT2D eigenvalue weighted by Crippen LogP contribution is 2.45. The first-order chi connectivity index (χ1) is 14.6. The van der Waals surface area contributed by atoms with Crippen molar-refractivity contribution >= 4 is 21.8 Å². The van der Waals surface area contributed by atoms with Crippen molar-refractivity contribution in [3.05, 3.63) is 99.9 Å². The number of rotatable bonds is 4. The van der Waals surface area contributed by atoms with E-state index in [1.807, 2.05) is 47.4 Å². The Morgan fingerprint density at radius 2 is 1.87 bits per heavy atom. The van der Waals surface area contributed by atoms with E-state index in [2.05, 4.69) is 31.1 Å². The van der Waals surface area contributed by atoms with E-state index in [1.165, 1.54) is 0 Å². The van der Waals surface area contributed by atoms with E-state index in [1.54, 1.807) is 30.6 Å². The number of aromatic hydroxyl groups is 1. The van der Waals surface area contributed by atoms with Crippen molar-refractivity contribution in [2.45, 2.75) is 12.6 Å². The number of amides is 1. The van der Waals surface area contributed by atoms with Gasteiger partial charge in [0.1, 0.15) is 17.1 Å². The Balaban J connectivity index is 1.68. The molecule has 0 radical (unpaired) electrons. The van der Waals surface area contributed by atoms with Crippen molar-refractivity contribution in [3.63, 3.8) is 0 Å². The van der Waals surface area contributed by atoms with Gasteiger partial charge in [0.15, 0.2) is 0 Å². The van der Waals surface area contributed by atoms with Gasteiger partial charge in [0, 0.05) is 34.5 Å². The van der Waals surface area contributed by atoms with Crippen molar-refractivity contribution in [2.75, 3.05) is 0 Å². The Hall–Kier alpha value is -3.45. The largest absolute Gasteiger partial charge is 0.507 e. The normalized spacial score (nSPS) is 15.4. The lowest BCUT2D eigenvalue weighted by Crippen LogP contribution is -2.29. The van der Waals surface area contributed by atoms with Crippen LogP contribution in [0.4, 0.5) is 0 Å². The summed E-state index contributed by atoms with van der Waals surface area (Å²) >= 11 is 3.54. The molecule has 4 aromatic rings. The summed E-state index contributed by atoms with van der Waals surface area (Å²) in [5.74, 6) is 0.000726. The van der Waals surface area contributed by atoms with E-state index in [0.717, 1.165) is 21.2 Å². The highest BCUT2D eigenvalue weighted by molar-refractivity contribution is 9.10. The summed E-state index contributed by atoms with van der Waals surface area (Å²) in [4.78, 5) is 19.3. The third-order valence-corrected chi connectivity index (χ3v) is 5.78. The molecule has 0 bridgehead atoms. The minimum atomic E-state index is -0.341. The number of hydrogen-bond donors (Lipinski definition) is 2. The number of phenolic OH excluding ortho intramolecular Hbond substituents is 1. The molecule has 1 unspecified atom stereocenters. The maximum atomic E-state index is 13.4. The van der Waals surface area contributed by atoms with Gasteiger partial charge in [-0.05, 0) is 47.5 Å². The minimum Gasteiger partial charge on any atom is -0.507 e. The lowest BCUT2D eigenvalue weighted by molar-refractivity contribution is 0.0730. The number of phenols is 1. The van der Waals surface area contributed by atoms with Crippen LogP contribution < -0.4 is 0 Å². The number of carbonyl (C=O) groups is 1. The van der Waals surface area contributed by atoms with Crippen molar-refractivity contribution in [1.82, 2.24) is 20.1 Å². The lowest BCUT2D eigenvalue weighted by atomic mass is 9.95. The van der Waals surface area contributed by atoms with Crippen LogP contribution >= 0.6 is 15.9 Å². The maximum absolute atomic E-state index is 13.4. The molecule has 1 aliphatic heterocycles. The average Bonchev–Trinajstić information content (AvgIpc) is 3.29. The van der Waals surface area contributed by atoms with E-state index in [-0.39, 0.29) is 17.7 Å². The van der Waals surface area contributed by atoms with E-state index < -0.39 is 0 Å². The molecule has 0 fully saturated rings. The topological polar surface area (TPSA) is 82.1 Å². The molecule has 7 heteroatoms. The van der Waals surface area contributed by atoms with Crippen LogP contribution in [0.15, 0.2) is 77.5 Å². The molecule has 0 spiro atoms. The summed E-state index contributed by atoms with van der Waals surface area (Å²) in [6.45, 7) is 0.432. The van der Waals surface area contributed by atoms with Crippen LogP contribution in [0.1, 0.15) is 33.2 Å². The summed E-state index contributed by atoms with van der Waals surface area (Å²) in [6, 6.07) is 18.4. The van der Waals surface area contributed by atoms with Gasteiger partial charge in [-0.3, -0.25) is 14.9 Å². The number of carbonyl (C=O) groups excluding carboxylic acids is 1. The smallest absolute Gasteiger partial charge is 0.273 e. The number of H-pyrrole nitrogens is 1. The fourth-order valence-corrected chi connectivity index (χ4v) is 4.36. The van der Waals surface area contributed by atoms with E-state index >= 15 is 0 Å². The Bertz CT molecular complexity index is 1240. The second-order valence-electron chi connectivity index (χ2n) is 7.12. The van der Waals surface area contributed by atoms with Crippen molar-refractivity contribution in [3.8, 4) is 17.0 Å². The molecule has 1 atom stereocenters. The number of halogens is 1. The summed E-state index contributed by atoms with van der Waals surface area (Å²) < 4.78 is 0.928. The molecule has 2 N–H and O–H groups in total. The second kappa shape index (κ2) is 7.42. The molecule has 148 valence electrons. The second-order valence-corrected chi connectivity index (χ2v) is 8.04. The van der Waals surface area contributed by atoms with Gasteiger partial charge in [-0.15, -0.1) is 0 Å². The summed E-state index contributed by atoms with van der Waals surface area (Å²) in [7, 11) is 0. The van der Waals surface area contributed by atoms with Gasteiger partial charge >= 0.3 is 0 Å². The Labute approximate surface area is 181 Å². The molecule has 0 saturated heterocycles. The molecule has 6 nitrogen and oxygen atoms in total. The van der Waals surface area contributed by atoms with E-state index in [0.29, 0.717) is 23.5 Å². The van der Waals surface area contributed by atoms with Crippen LogP contribution in [0.25, 0.3) is 11.3 Å². The molecule has 5 rings (SSSR count). The molecule has 2 aromatic heterocycles. The zero-order valence-electron chi connectivity index (χ0n) is 15.8. The van der Waals surface area contributed by atoms with Crippen molar-refractivity contribution < 1.29 is 9.90 Å². The number of nitrogens with zero attached hydrogens (tertiary/aromatic N) is 3. The first-order valence-corrected chi connectivity index (χ1v) is 10.2. The standard InChI is InChI=1S/C23H17BrN4O2/c24-16-5-3-4-15(12-16)22-19-20(17-6-1-2-7-18(17)29)26-27-21(19)23(30)28(22)13-14-8-10-25-11-9-14/h1-12,22,29H,13H2,(H,26,27). The molecule has 1 aliphatic rings. The number of benzene rings is 2. The highest BCUT2D eigenvalue weighted by atomic mass is 79.9. The number of para-hydroxylation sites is 1. The summed E-state index contributed by atoms with van der Waals surface area (Å²) in [5.41, 5.74) is 4.34. The van der Waals surface area contributed by atoms with Crippen LogP contribution in [0.3, 0.4) is 0 Å². The van der Waals surface area contributed by atoms with E-state index in [4.69, 9.17) is 0 Å². The fraction of sp³-hybridized carbons (Fsp3) is 0.0870. The number of fused-ring (bicyclic) bond motifs is 1. The molecule has 1 amide bonds. The van der Waals surface area contributed by atoms with Crippen LogP contribution in [0.5, 0.6) is 5.75 Å². The average molecular weight is 461 g/mol. The Morgan fingerprint density at radius 1 is 1.07 bits per heavy atom. The SMILES string of the molecule is O=C1c2[nH]nc(-c3ccccc3O)c2C(c2cccc(Br)c2)N1Cc1ccncc1. The van der Waals surface area contributed by atoms with Gasteiger partial charge in [-0.1, -0.05) is 40.2 Å². The van der Waals surface area contributed by atoms with Gasteiger partial charge in [0.25, 0.3) is 5.91 Å². The Kier molecular flexibility index (Phi) is 4.59. The van der Waals surface area contributed by atoms with Crippen LogP contribution in [-0.2, 0) is 6.54 Å². The molecule has 0 saturated carbocycles. The van der Waals surface area contributed by atoms with Gasteiger partial charge < -0.3 is 10.0 Å². The van der Waals surface area contributed by atoms with Gasteiger partial charge in [-0.25, -0.2) is 0 Å². The zero-order valence-corrected chi connectivity index (χ0v) is 17.4. The summed E-state index contributed by atoms with van der Waals surface area (Å²) in [5, 5.41) is 17.7. The fourth-order valence-electron chi connectivity index (χ4n) is 3.95. The molecule has 0 aliphatic carbocycles. The quantitative estimate of drug-likeness (QED) is 0.462. The molecule has 2 aromatic carbocycles.